The summed E-state index contributed by atoms with van der Waals surface area (Å²) in [5, 5.41) is 9.00. The van der Waals surface area contributed by atoms with Gasteiger partial charge in [-0.05, 0) is 31.2 Å². The van der Waals surface area contributed by atoms with E-state index < -0.39 is 0 Å². The van der Waals surface area contributed by atoms with Crippen LogP contribution in [0.25, 0.3) is 0 Å². The number of rotatable bonds is 9. The molecule has 0 aliphatic heterocycles. The van der Waals surface area contributed by atoms with E-state index in [1.165, 1.54) is 0 Å². The summed E-state index contributed by atoms with van der Waals surface area (Å²) in [6.45, 7) is 8.74. The van der Waals surface area contributed by atoms with E-state index in [4.69, 9.17) is 5.11 Å². The van der Waals surface area contributed by atoms with Crippen molar-refractivity contribution < 1.29 is 9.90 Å². The van der Waals surface area contributed by atoms with Crippen molar-refractivity contribution in [1.82, 2.24) is 4.90 Å². The van der Waals surface area contributed by atoms with Crippen molar-refractivity contribution in [2.75, 3.05) is 26.2 Å². The molecule has 0 aliphatic carbocycles. The van der Waals surface area contributed by atoms with Gasteiger partial charge in [0.15, 0.2) is 5.78 Å². The maximum absolute atomic E-state index is 12.3. The molecule has 3 nitrogen and oxygen atoms in total. The molecule has 0 aliphatic rings. The van der Waals surface area contributed by atoms with Gasteiger partial charge in [0.05, 0.1) is 6.54 Å². The van der Waals surface area contributed by atoms with Crippen molar-refractivity contribution in [3.05, 3.63) is 42.3 Å². The van der Waals surface area contributed by atoms with Crippen LogP contribution in [0.15, 0.2) is 30.3 Å². The molecule has 21 heavy (non-hydrogen) atoms. The lowest BCUT2D eigenvalue weighted by molar-refractivity contribution is 0.0924. The van der Waals surface area contributed by atoms with E-state index in [9.17, 15) is 4.79 Å². The van der Waals surface area contributed by atoms with Gasteiger partial charge in [0.25, 0.3) is 0 Å². The molecule has 1 radical (unpaired) electrons. The molecule has 1 aromatic rings. The van der Waals surface area contributed by atoms with E-state index in [1.807, 2.05) is 30.3 Å². The van der Waals surface area contributed by atoms with Gasteiger partial charge in [-0.1, -0.05) is 51.1 Å². The first kappa shape index (κ1) is 17.9. The van der Waals surface area contributed by atoms with E-state index in [0.29, 0.717) is 13.0 Å². The predicted octanol–water partition coefficient (Wildman–Crippen LogP) is 3.19. The van der Waals surface area contributed by atoms with Crippen LogP contribution in [0, 0.1) is 11.8 Å². The van der Waals surface area contributed by atoms with Crippen LogP contribution in [0.1, 0.15) is 44.0 Å². The topological polar surface area (TPSA) is 40.5 Å². The Bertz CT molecular complexity index is 409. The van der Waals surface area contributed by atoms with Crippen LogP contribution >= 0.6 is 0 Å². The summed E-state index contributed by atoms with van der Waals surface area (Å²) >= 11 is 0. The smallest absolute Gasteiger partial charge is 0.176 e. The molecule has 1 aromatic carbocycles. The van der Waals surface area contributed by atoms with Crippen molar-refractivity contribution in [2.24, 2.45) is 5.41 Å². The third kappa shape index (κ3) is 7.98. The molecular formula is C18H28NO2. The average molecular weight is 290 g/mol. The van der Waals surface area contributed by atoms with Crippen molar-refractivity contribution >= 4 is 5.78 Å². The summed E-state index contributed by atoms with van der Waals surface area (Å²) in [5.41, 5.74) is 0.956. The Morgan fingerprint density at radius 1 is 1.19 bits per heavy atom. The summed E-state index contributed by atoms with van der Waals surface area (Å²) in [7, 11) is 0. The summed E-state index contributed by atoms with van der Waals surface area (Å²) in [6.07, 6.45) is 3.94. The van der Waals surface area contributed by atoms with Crippen molar-refractivity contribution in [3.8, 4) is 0 Å². The van der Waals surface area contributed by atoms with Crippen molar-refractivity contribution in [1.29, 1.82) is 0 Å². The first-order valence-electron chi connectivity index (χ1n) is 7.68. The zero-order valence-corrected chi connectivity index (χ0v) is 13.5. The molecule has 0 bridgehead atoms. The zero-order chi connectivity index (χ0) is 15.7. The van der Waals surface area contributed by atoms with Crippen molar-refractivity contribution in [3.63, 3.8) is 0 Å². The minimum absolute atomic E-state index is 0.143. The summed E-state index contributed by atoms with van der Waals surface area (Å²) in [5.74, 6) is 0.143. The molecule has 0 unspecified atom stereocenters. The first-order valence-corrected chi connectivity index (χ1v) is 7.68. The van der Waals surface area contributed by atoms with Gasteiger partial charge in [-0.15, -0.1) is 0 Å². The van der Waals surface area contributed by atoms with Gasteiger partial charge in [-0.25, -0.2) is 0 Å². The Morgan fingerprint density at radius 3 is 2.43 bits per heavy atom. The highest BCUT2D eigenvalue weighted by molar-refractivity contribution is 5.97. The van der Waals surface area contributed by atoms with Gasteiger partial charge in [0, 0.05) is 18.7 Å². The molecule has 0 aromatic heterocycles. The largest absolute Gasteiger partial charge is 0.396 e. The lowest BCUT2D eigenvalue weighted by Crippen LogP contribution is -2.32. The van der Waals surface area contributed by atoms with Gasteiger partial charge < -0.3 is 5.11 Å². The van der Waals surface area contributed by atoms with Crippen LogP contribution in [-0.4, -0.2) is 42.0 Å². The highest BCUT2D eigenvalue weighted by atomic mass is 16.3. The Kier molecular flexibility index (Phi) is 7.62. The molecule has 0 atom stereocenters. The number of aliphatic hydroxyl groups is 1. The first-order chi connectivity index (χ1) is 9.92. The number of Topliss-reactive ketones (excluding diaryl/α,β-unsaturated/α-hetero) is 1. The molecule has 0 amide bonds. The fourth-order valence-corrected chi connectivity index (χ4v) is 2.16. The van der Waals surface area contributed by atoms with E-state index in [0.717, 1.165) is 25.1 Å². The van der Waals surface area contributed by atoms with Crippen LogP contribution < -0.4 is 0 Å². The third-order valence-corrected chi connectivity index (χ3v) is 3.30. The van der Waals surface area contributed by atoms with Gasteiger partial charge in [-0.2, -0.15) is 0 Å². The van der Waals surface area contributed by atoms with Crippen LogP contribution in [0.3, 0.4) is 0 Å². The molecule has 117 valence electrons. The monoisotopic (exact) mass is 290 g/mol. The minimum atomic E-state index is 0.143. The molecular weight excluding hydrogens is 262 g/mol. The molecule has 1 rings (SSSR count). The van der Waals surface area contributed by atoms with E-state index >= 15 is 0 Å². The number of aliphatic hydroxyl groups excluding tert-OH is 1. The molecule has 0 spiro atoms. The van der Waals surface area contributed by atoms with Crippen molar-refractivity contribution in [2.45, 2.75) is 33.6 Å². The number of ketones is 1. The van der Waals surface area contributed by atoms with Crippen LogP contribution in [0.2, 0.25) is 0 Å². The Hall–Kier alpha value is -1.19. The Balaban J connectivity index is 2.51. The minimum Gasteiger partial charge on any atom is -0.396 e. The second kappa shape index (κ2) is 8.96. The summed E-state index contributed by atoms with van der Waals surface area (Å²) in [4.78, 5) is 14.4. The maximum atomic E-state index is 12.3. The highest BCUT2D eigenvalue weighted by Crippen LogP contribution is 2.19. The fraction of sp³-hybridized carbons (Fsp3) is 0.556. The van der Waals surface area contributed by atoms with Gasteiger partial charge in [0.2, 0.25) is 0 Å². The normalized spacial score (nSPS) is 11.9. The van der Waals surface area contributed by atoms with Crippen LogP contribution in [0.4, 0.5) is 0 Å². The standard InChI is InChI=1S/C18H28NO2/c1-18(2,3)11-7-12-19(13-8-14-20)15-17(21)16-9-5-4-6-10-16/h4-6,9-11,20H,7-8,12-15H2,1-3H3. The third-order valence-electron chi connectivity index (χ3n) is 3.30. The van der Waals surface area contributed by atoms with Gasteiger partial charge in [-0.3, -0.25) is 9.69 Å². The zero-order valence-electron chi connectivity index (χ0n) is 13.5. The number of carbonyl (C=O) groups is 1. The number of hydrogen-bond donors (Lipinski definition) is 1. The number of hydrogen-bond acceptors (Lipinski definition) is 3. The second-order valence-electron chi connectivity index (χ2n) is 6.50. The molecule has 1 N–H and O–H groups in total. The highest BCUT2D eigenvalue weighted by Gasteiger charge is 2.14. The predicted molar refractivity (Wildman–Crippen MR) is 87.3 cm³/mol. The number of carbonyl (C=O) groups excluding carboxylic acids is 1. The number of benzene rings is 1. The lowest BCUT2D eigenvalue weighted by atomic mass is 9.90. The Morgan fingerprint density at radius 2 is 1.86 bits per heavy atom. The Labute approximate surface area is 129 Å². The quantitative estimate of drug-likeness (QED) is 0.710. The average Bonchev–Trinajstić information content (AvgIpc) is 2.44. The van der Waals surface area contributed by atoms with E-state index in [2.05, 4.69) is 32.1 Å². The fourth-order valence-electron chi connectivity index (χ4n) is 2.16. The van der Waals surface area contributed by atoms with E-state index in [1.54, 1.807) is 0 Å². The summed E-state index contributed by atoms with van der Waals surface area (Å²) < 4.78 is 0. The van der Waals surface area contributed by atoms with Gasteiger partial charge in [0.1, 0.15) is 0 Å². The molecule has 0 saturated heterocycles. The van der Waals surface area contributed by atoms with Crippen LogP contribution in [0.5, 0.6) is 0 Å². The SMILES string of the molecule is CC(C)(C)[CH]CCN(CCCO)CC(=O)c1ccccc1. The molecule has 0 saturated carbocycles. The van der Waals surface area contributed by atoms with Gasteiger partial charge >= 0.3 is 0 Å². The maximum Gasteiger partial charge on any atom is 0.176 e. The number of nitrogens with zero attached hydrogens (tertiary/aromatic N) is 1. The molecule has 3 heteroatoms. The molecule has 0 heterocycles. The van der Waals surface area contributed by atoms with Crippen LogP contribution in [-0.2, 0) is 0 Å². The second-order valence-corrected chi connectivity index (χ2v) is 6.50. The molecule has 0 fully saturated rings. The summed E-state index contributed by atoms with van der Waals surface area (Å²) in [6, 6.07) is 9.40. The lowest BCUT2D eigenvalue weighted by Gasteiger charge is -2.24. The van der Waals surface area contributed by atoms with E-state index in [-0.39, 0.29) is 17.8 Å².